The van der Waals surface area contributed by atoms with Gasteiger partial charge in [0, 0.05) is 13.1 Å². The second-order valence-corrected chi connectivity index (χ2v) is 7.31. The molecule has 7 heteroatoms. The molecule has 0 aliphatic carbocycles. The van der Waals surface area contributed by atoms with Gasteiger partial charge in [0.1, 0.15) is 11.8 Å². The lowest BCUT2D eigenvalue weighted by molar-refractivity contribution is -0.136. The number of nitrogens with one attached hydrogen (secondary N) is 1. The maximum atomic E-state index is 12.7. The summed E-state index contributed by atoms with van der Waals surface area (Å²) in [4.78, 5) is 40.7. The molecule has 2 aromatic carbocycles. The van der Waals surface area contributed by atoms with E-state index in [4.69, 9.17) is 4.74 Å². The fourth-order valence-electron chi connectivity index (χ4n) is 3.79. The van der Waals surface area contributed by atoms with Crippen LogP contribution >= 0.6 is 0 Å². The van der Waals surface area contributed by atoms with Crippen molar-refractivity contribution >= 4 is 17.8 Å². The third-order valence-corrected chi connectivity index (χ3v) is 5.47. The highest BCUT2D eigenvalue weighted by Gasteiger charge is 2.39. The molecular weight excluding hydrogens is 370 g/mol. The highest BCUT2D eigenvalue weighted by atomic mass is 16.5. The number of imide groups is 1. The second kappa shape index (κ2) is 7.95. The maximum Gasteiger partial charge on any atom is 0.325 e. The Kier molecular flexibility index (Phi) is 5.20. The van der Waals surface area contributed by atoms with E-state index in [0.717, 1.165) is 22.4 Å². The Hall–Kier alpha value is -3.35. The van der Waals surface area contributed by atoms with E-state index in [0.29, 0.717) is 18.8 Å². The molecule has 0 aromatic heterocycles. The summed E-state index contributed by atoms with van der Waals surface area (Å²) in [6.07, 6.45) is 0.780. The molecule has 2 heterocycles. The van der Waals surface area contributed by atoms with E-state index in [-0.39, 0.29) is 24.8 Å². The Morgan fingerprint density at radius 2 is 1.83 bits per heavy atom. The highest BCUT2D eigenvalue weighted by Crippen LogP contribution is 2.21. The predicted octanol–water partition coefficient (Wildman–Crippen LogP) is 2.09. The minimum atomic E-state index is -0.814. The number of nitrogens with zero attached hydrogens (tertiary/aromatic N) is 2. The first kappa shape index (κ1) is 19.0. The summed E-state index contributed by atoms with van der Waals surface area (Å²) < 4.78 is 5.12. The summed E-state index contributed by atoms with van der Waals surface area (Å²) >= 11 is 0. The lowest BCUT2D eigenvalue weighted by atomic mass is 9.99. The third kappa shape index (κ3) is 3.94. The Bertz CT molecular complexity index is 941. The van der Waals surface area contributed by atoms with Crippen molar-refractivity contribution in [1.29, 1.82) is 0 Å². The molecule has 0 bridgehead atoms. The van der Waals surface area contributed by atoms with E-state index in [1.807, 2.05) is 30.3 Å². The molecule has 0 radical (unpaired) electrons. The van der Waals surface area contributed by atoms with Crippen LogP contribution in [0.4, 0.5) is 4.79 Å². The van der Waals surface area contributed by atoms with Gasteiger partial charge in [-0.3, -0.25) is 14.5 Å². The molecule has 1 fully saturated rings. The van der Waals surface area contributed by atoms with Crippen molar-refractivity contribution in [2.75, 3.05) is 13.7 Å². The van der Waals surface area contributed by atoms with Crippen molar-refractivity contribution in [1.82, 2.24) is 15.1 Å². The summed E-state index contributed by atoms with van der Waals surface area (Å²) in [7, 11) is 1.58. The normalized spacial score (nSPS) is 18.4. The Morgan fingerprint density at radius 1 is 1.10 bits per heavy atom. The second-order valence-electron chi connectivity index (χ2n) is 7.31. The number of carbonyl (C=O) groups is 3. The van der Waals surface area contributed by atoms with Gasteiger partial charge in [0.15, 0.2) is 0 Å². The monoisotopic (exact) mass is 393 g/mol. The summed E-state index contributed by atoms with van der Waals surface area (Å²) in [5, 5.41) is 2.65. The van der Waals surface area contributed by atoms with Crippen molar-refractivity contribution < 1.29 is 19.1 Å². The minimum absolute atomic E-state index is 0.0220. The summed E-state index contributed by atoms with van der Waals surface area (Å²) in [6, 6.07) is 14.0. The number of urea groups is 1. The molecule has 29 heavy (non-hydrogen) atoms. The van der Waals surface area contributed by atoms with Gasteiger partial charge in [-0.15, -0.1) is 0 Å². The molecule has 4 rings (SSSR count). The quantitative estimate of drug-likeness (QED) is 0.789. The van der Waals surface area contributed by atoms with Crippen molar-refractivity contribution in [3.05, 3.63) is 65.2 Å². The van der Waals surface area contributed by atoms with Crippen LogP contribution in [0.3, 0.4) is 0 Å². The molecule has 0 spiro atoms. The zero-order chi connectivity index (χ0) is 20.4. The van der Waals surface area contributed by atoms with Gasteiger partial charge >= 0.3 is 6.03 Å². The molecule has 2 aliphatic rings. The van der Waals surface area contributed by atoms with Gasteiger partial charge in [-0.05, 0) is 35.2 Å². The Morgan fingerprint density at radius 3 is 2.55 bits per heavy atom. The third-order valence-electron chi connectivity index (χ3n) is 5.47. The molecule has 2 aliphatic heterocycles. The van der Waals surface area contributed by atoms with Gasteiger partial charge in [0.25, 0.3) is 5.91 Å². The number of benzene rings is 2. The zero-order valence-electron chi connectivity index (χ0n) is 16.3. The molecule has 7 nitrogen and oxygen atoms in total. The SMILES string of the molecule is COc1ccc(CN2C(=O)NC(CC(=O)N3CCc4ccccc4C3)C2=O)cc1. The summed E-state index contributed by atoms with van der Waals surface area (Å²) in [5.41, 5.74) is 3.20. The van der Waals surface area contributed by atoms with Crippen molar-refractivity contribution in [2.45, 2.75) is 32.0 Å². The molecule has 1 N–H and O–H groups in total. The first-order valence-corrected chi connectivity index (χ1v) is 9.64. The summed E-state index contributed by atoms with van der Waals surface area (Å²) in [5.74, 6) is 0.221. The van der Waals surface area contributed by atoms with Crippen LogP contribution < -0.4 is 10.1 Å². The Balaban J connectivity index is 1.38. The number of ether oxygens (including phenoxy) is 1. The fourth-order valence-corrected chi connectivity index (χ4v) is 3.79. The van der Waals surface area contributed by atoms with Gasteiger partial charge in [-0.1, -0.05) is 36.4 Å². The number of rotatable bonds is 5. The van der Waals surface area contributed by atoms with E-state index < -0.39 is 12.1 Å². The largest absolute Gasteiger partial charge is 0.497 e. The average Bonchev–Trinajstić information content (AvgIpc) is 3.01. The van der Waals surface area contributed by atoms with Crippen molar-refractivity contribution in [3.8, 4) is 5.75 Å². The lowest BCUT2D eigenvalue weighted by Crippen LogP contribution is -2.41. The molecule has 150 valence electrons. The van der Waals surface area contributed by atoms with E-state index in [9.17, 15) is 14.4 Å². The summed E-state index contributed by atoms with van der Waals surface area (Å²) in [6.45, 7) is 1.33. The number of fused-ring (bicyclic) bond motifs is 1. The van der Waals surface area contributed by atoms with Crippen LogP contribution in [0.5, 0.6) is 5.75 Å². The van der Waals surface area contributed by atoms with Crippen LogP contribution in [0, 0.1) is 0 Å². The van der Waals surface area contributed by atoms with Gasteiger partial charge in [0.2, 0.25) is 5.91 Å². The van der Waals surface area contributed by atoms with Crippen molar-refractivity contribution in [2.24, 2.45) is 0 Å². The van der Waals surface area contributed by atoms with Crippen LogP contribution in [0.25, 0.3) is 0 Å². The molecule has 4 amide bonds. The van der Waals surface area contributed by atoms with E-state index in [1.54, 1.807) is 24.1 Å². The number of methoxy groups -OCH3 is 1. The fraction of sp³-hybridized carbons (Fsp3) is 0.318. The molecule has 2 aromatic rings. The first-order valence-electron chi connectivity index (χ1n) is 9.64. The van der Waals surface area contributed by atoms with Gasteiger partial charge in [-0.2, -0.15) is 0 Å². The standard InChI is InChI=1S/C22H23N3O4/c1-29-18-8-6-15(7-9-18)13-25-21(27)19(23-22(25)28)12-20(26)24-11-10-16-4-2-3-5-17(16)14-24/h2-9,19H,10-14H2,1H3,(H,23,28). The smallest absolute Gasteiger partial charge is 0.325 e. The molecule has 1 unspecified atom stereocenters. The van der Waals surface area contributed by atoms with Gasteiger partial charge in [0.05, 0.1) is 20.1 Å². The Labute approximate surface area is 169 Å². The van der Waals surface area contributed by atoms with E-state index in [1.165, 1.54) is 5.56 Å². The van der Waals surface area contributed by atoms with E-state index in [2.05, 4.69) is 11.4 Å². The number of carbonyl (C=O) groups excluding carboxylic acids is 3. The number of hydrogen-bond acceptors (Lipinski definition) is 4. The molecular formula is C22H23N3O4. The molecule has 0 saturated carbocycles. The van der Waals surface area contributed by atoms with Gasteiger partial charge in [-0.25, -0.2) is 4.79 Å². The van der Waals surface area contributed by atoms with Gasteiger partial charge < -0.3 is 15.0 Å². The topological polar surface area (TPSA) is 79.0 Å². The lowest BCUT2D eigenvalue weighted by Gasteiger charge is -2.29. The average molecular weight is 393 g/mol. The highest BCUT2D eigenvalue weighted by molar-refractivity contribution is 6.05. The number of amides is 4. The van der Waals surface area contributed by atoms with Crippen LogP contribution in [0.15, 0.2) is 48.5 Å². The molecule has 1 saturated heterocycles. The van der Waals surface area contributed by atoms with Crippen LogP contribution in [0.2, 0.25) is 0 Å². The minimum Gasteiger partial charge on any atom is -0.497 e. The van der Waals surface area contributed by atoms with Crippen molar-refractivity contribution in [3.63, 3.8) is 0 Å². The molecule has 1 atom stereocenters. The predicted molar refractivity (Wildman–Crippen MR) is 106 cm³/mol. The van der Waals surface area contributed by atoms with Crippen LogP contribution in [-0.4, -0.2) is 47.3 Å². The maximum absolute atomic E-state index is 12.7. The van der Waals surface area contributed by atoms with Crippen LogP contribution in [0.1, 0.15) is 23.1 Å². The first-order chi connectivity index (χ1) is 14.0. The number of hydrogen-bond donors (Lipinski definition) is 1. The zero-order valence-corrected chi connectivity index (χ0v) is 16.3. The van der Waals surface area contributed by atoms with Crippen LogP contribution in [-0.2, 0) is 29.1 Å². The van der Waals surface area contributed by atoms with E-state index >= 15 is 0 Å².